The molecule has 1 aliphatic carbocycles. The minimum atomic E-state index is -0.257. The summed E-state index contributed by atoms with van der Waals surface area (Å²) < 4.78 is 17.3. The first-order valence-corrected chi connectivity index (χ1v) is 12.7. The van der Waals surface area contributed by atoms with Gasteiger partial charge in [0, 0.05) is 19.4 Å². The van der Waals surface area contributed by atoms with Crippen molar-refractivity contribution in [2.45, 2.75) is 77.1 Å². The van der Waals surface area contributed by atoms with Crippen LogP contribution in [-0.4, -0.2) is 36.9 Å². The molecule has 0 radical (unpaired) electrons. The first-order chi connectivity index (χ1) is 16.5. The van der Waals surface area contributed by atoms with Crippen molar-refractivity contribution in [2.24, 2.45) is 11.8 Å². The molecule has 0 N–H and O–H groups in total. The van der Waals surface area contributed by atoms with Gasteiger partial charge in [0.2, 0.25) is 0 Å². The summed E-state index contributed by atoms with van der Waals surface area (Å²) in [5.74, 6) is 0.559. The van der Waals surface area contributed by atoms with Crippen LogP contribution in [0.5, 0.6) is 0 Å². The van der Waals surface area contributed by atoms with Crippen molar-refractivity contribution in [3.05, 3.63) is 60.2 Å². The van der Waals surface area contributed by atoms with Crippen LogP contribution in [0.1, 0.15) is 69.2 Å². The molecule has 2 aromatic carbocycles. The maximum Gasteiger partial charge on any atom is 0.338 e. The molecule has 1 aliphatic heterocycles. The predicted octanol–water partition coefficient (Wildman–Crippen LogP) is 6.21. The smallest absolute Gasteiger partial charge is 0.338 e. The van der Waals surface area contributed by atoms with Gasteiger partial charge in [0.05, 0.1) is 17.8 Å². The van der Waals surface area contributed by atoms with E-state index < -0.39 is 0 Å². The highest BCUT2D eigenvalue weighted by Gasteiger charge is 2.39. The van der Waals surface area contributed by atoms with Crippen LogP contribution in [0.4, 0.5) is 0 Å². The van der Waals surface area contributed by atoms with Crippen LogP contribution in [0, 0.1) is 11.8 Å². The number of rotatable bonds is 8. The summed E-state index contributed by atoms with van der Waals surface area (Å²) in [6, 6.07) is 17.7. The number of benzene rings is 2. The molecule has 0 aromatic heterocycles. The van der Waals surface area contributed by atoms with E-state index in [2.05, 4.69) is 12.1 Å². The molecule has 182 valence electrons. The molecule has 2 aromatic rings. The van der Waals surface area contributed by atoms with Gasteiger partial charge in [-0.05, 0) is 81.0 Å². The number of fused-ring (bicyclic) bond motifs is 1. The SMILES string of the molecule is CC(C)OC(=O)CCCC1CCC2CC(OC(=O)c3ccc(-c4ccccc4)cc3)CC2OC1. The Morgan fingerprint density at radius 2 is 1.71 bits per heavy atom. The summed E-state index contributed by atoms with van der Waals surface area (Å²) in [6.07, 6.45) is 6.16. The van der Waals surface area contributed by atoms with Crippen LogP contribution in [-0.2, 0) is 19.0 Å². The fourth-order valence-corrected chi connectivity index (χ4v) is 5.17. The van der Waals surface area contributed by atoms with Crippen molar-refractivity contribution in [2.75, 3.05) is 6.61 Å². The maximum absolute atomic E-state index is 12.7. The van der Waals surface area contributed by atoms with E-state index in [1.54, 1.807) is 0 Å². The number of esters is 2. The molecule has 5 heteroatoms. The van der Waals surface area contributed by atoms with Gasteiger partial charge >= 0.3 is 11.9 Å². The summed E-state index contributed by atoms with van der Waals surface area (Å²) in [7, 11) is 0. The summed E-state index contributed by atoms with van der Waals surface area (Å²) in [5, 5.41) is 0. The third-order valence-corrected chi connectivity index (χ3v) is 6.94. The Morgan fingerprint density at radius 1 is 0.971 bits per heavy atom. The lowest BCUT2D eigenvalue weighted by molar-refractivity contribution is -0.147. The van der Waals surface area contributed by atoms with E-state index in [-0.39, 0.29) is 30.3 Å². The zero-order chi connectivity index (χ0) is 23.9. The van der Waals surface area contributed by atoms with Crippen LogP contribution in [0.2, 0.25) is 0 Å². The summed E-state index contributed by atoms with van der Waals surface area (Å²) in [5.41, 5.74) is 2.80. The van der Waals surface area contributed by atoms with E-state index in [1.165, 1.54) is 0 Å². The van der Waals surface area contributed by atoms with Crippen molar-refractivity contribution in [3.63, 3.8) is 0 Å². The molecular formula is C29H36O5. The van der Waals surface area contributed by atoms with Crippen LogP contribution in [0.15, 0.2) is 54.6 Å². The first kappa shape index (κ1) is 24.5. The van der Waals surface area contributed by atoms with Crippen LogP contribution in [0.25, 0.3) is 11.1 Å². The van der Waals surface area contributed by atoms with Crippen LogP contribution >= 0.6 is 0 Å². The number of hydrogen-bond acceptors (Lipinski definition) is 5. The third-order valence-electron chi connectivity index (χ3n) is 6.94. The van der Waals surface area contributed by atoms with E-state index in [0.717, 1.165) is 56.3 Å². The van der Waals surface area contributed by atoms with E-state index in [1.807, 2.05) is 56.3 Å². The topological polar surface area (TPSA) is 61.8 Å². The predicted molar refractivity (Wildman–Crippen MR) is 131 cm³/mol. The molecule has 4 atom stereocenters. The van der Waals surface area contributed by atoms with Gasteiger partial charge in [-0.3, -0.25) is 4.79 Å². The quantitative estimate of drug-likeness (QED) is 0.435. The molecule has 1 saturated carbocycles. The Hall–Kier alpha value is -2.66. The van der Waals surface area contributed by atoms with E-state index >= 15 is 0 Å². The normalized spacial score (nSPS) is 24.3. The Kier molecular flexibility index (Phi) is 8.39. The molecule has 2 fully saturated rings. The molecule has 1 heterocycles. The van der Waals surface area contributed by atoms with Gasteiger partial charge < -0.3 is 14.2 Å². The third kappa shape index (κ3) is 6.69. The van der Waals surface area contributed by atoms with Crippen LogP contribution < -0.4 is 0 Å². The summed E-state index contributed by atoms with van der Waals surface area (Å²) in [6.45, 7) is 4.48. The number of ether oxygens (including phenoxy) is 3. The standard InChI is InChI=1S/C29H36O5/c1-20(2)33-28(30)10-6-7-21-11-12-25-17-26(18-27(25)32-19-21)34-29(31)24-15-13-23(14-16-24)22-8-4-3-5-9-22/h3-5,8-9,13-16,20-21,25-27H,6-7,10-12,17-19H2,1-2H3. The minimum absolute atomic E-state index is 0.0520. The minimum Gasteiger partial charge on any atom is -0.463 e. The number of carbonyl (C=O) groups is 2. The molecule has 5 nitrogen and oxygen atoms in total. The molecule has 1 saturated heterocycles. The Labute approximate surface area is 202 Å². The van der Waals surface area contributed by atoms with Crippen molar-refractivity contribution in [3.8, 4) is 11.1 Å². The van der Waals surface area contributed by atoms with Gasteiger partial charge in [-0.2, -0.15) is 0 Å². The average molecular weight is 465 g/mol. The Morgan fingerprint density at radius 3 is 2.44 bits per heavy atom. The lowest BCUT2D eigenvalue weighted by Crippen LogP contribution is -2.19. The highest BCUT2D eigenvalue weighted by atomic mass is 16.6. The van der Waals surface area contributed by atoms with Crippen molar-refractivity contribution in [1.29, 1.82) is 0 Å². The molecule has 0 spiro atoms. The second-order valence-electron chi connectivity index (χ2n) is 9.95. The molecule has 0 amide bonds. The van der Waals surface area contributed by atoms with Gasteiger partial charge in [-0.1, -0.05) is 42.5 Å². The second-order valence-corrected chi connectivity index (χ2v) is 9.95. The largest absolute Gasteiger partial charge is 0.463 e. The Bertz CT molecular complexity index is 921. The van der Waals surface area contributed by atoms with E-state index in [4.69, 9.17) is 14.2 Å². The monoisotopic (exact) mass is 464 g/mol. The fourth-order valence-electron chi connectivity index (χ4n) is 5.17. The molecule has 0 bridgehead atoms. The molecule has 2 aliphatic rings. The zero-order valence-electron chi connectivity index (χ0n) is 20.3. The maximum atomic E-state index is 12.7. The van der Waals surface area contributed by atoms with E-state index in [0.29, 0.717) is 23.8 Å². The van der Waals surface area contributed by atoms with Crippen LogP contribution in [0.3, 0.4) is 0 Å². The van der Waals surface area contributed by atoms with Crippen molar-refractivity contribution < 1.29 is 23.8 Å². The highest BCUT2D eigenvalue weighted by molar-refractivity contribution is 5.90. The molecular weight excluding hydrogens is 428 g/mol. The average Bonchev–Trinajstić information content (AvgIpc) is 3.12. The number of carbonyl (C=O) groups excluding carboxylic acids is 2. The first-order valence-electron chi connectivity index (χ1n) is 12.7. The number of hydrogen-bond donors (Lipinski definition) is 0. The summed E-state index contributed by atoms with van der Waals surface area (Å²) >= 11 is 0. The van der Waals surface area contributed by atoms with Crippen molar-refractivity contribution >= 4 is 11.9 Å². The van der Waals surface area contributed by atoms with Gasteiger partial charge in [-0.15, -0.1) is 0 Å². The van der Waals surface area contributed by atoms with E-state index in [9.17, 15) is 9.59 Å². The van der Waals surface area contributed by atoms with Gasteiger partial charge in [-0.25, -0.2) is 4.79 Å². The van der Waals surface area contributed by atoms with Gasteiger partial charge in [0.25, 0.3) is 0 Å². The Balaban J connectivity index is 1.21. The van der Waals surface area contributed by atoms with Crippen molar-refractivity contribution in [1.82, 2.24) is 0 Å². The van der Waals surface area contributed by atoms with Gasteiger partial charge in [0.15, 0.2) is 0 Å². The van der Waals surface area contributed by atoms with Gasteiger partial charge in [0.1, 0.15) is 6.10 Å². The zero-order valence-corrected chi connectivity index (χ0v) is 20.3. The lowest BCUT2D eigenvalue weighted by Gasteiger charge is -2.17. The molecule has 34 heavy (non-hydrogen) atoms. The lowest BCUT2D eigenvalue weighted by atomic mass is 9.92. The highest BCUT2D eigenvalue weighted by Crippen LogP contribution is 2.38. The molecule has 4 unspecified atom stereocenters. The molecule has 4 rings (SSSR count). The summed E-state index contributed by atoms with van der Waals surface area (Å²) in [4.78, 5) is 24.4. The fraction of sp³-hybridized carbons (Fsp3) is 0.517. The second kappa shape index (κ2) is 11.7.